The summed E-state index contributed by atoms with van der Waals surface area (Å²) >= 11 is 4.92. The van der Waals surface area contributed by atoms with Crippen LogP contribution in [-0.4, -0.2) is 15.9 Å². The number of amides is 1. The summed E-state index contributed by atoms with van der Waals surface area (Å²) < 4.78 is 0. The van der Waals surface area contributed by atoms with Crippen LogP contribution in [0.2, 0.25) is 0 Å². The minimum absolute atomic E-state index is 0.104. The zero-order chi connectivity index (χ0) is 13.5. The summed E-state index contributed by atoms with van der Waals surface area (Å²) in [5.74, 6) is -0.477. The molecule has 18 heavy (non-hydrogen) atoms. The van der Waals surface area contributed by atoms with Crippen molar-refractivity contribution in [3.63, 3.8) is 0 Å². The quantitative estimate of drug-likeness (QED) is 0.768. The molecule has 1 amide bonds. The second kappa shape index (κ2) is 7.06. The van der Waals surface area contributed by atoms with Crippen LogP contribution in [0.5, 0.6) is 0 Å². The van der Waals surface area contributed by atoms with E-state index in [0.717, 1.165) is 17.5 Å². The number of rotatable bonds is 6. The van der Waals surface area contributed by atoms with E-state index in [0.29, 0.717) is 13.0 Å². The summed E-state index contributed by atoms with van der Waals surface area (Å²) in [6.45, 7) is 4.45. The van der Waals surface area contributed by atoms with Crippen molar-refractivity contribution in [3.8, 4) is 0 Å². The smallest absolute Gasteiger partial charge is 0.230 e. The zero-order valence-electron chi connectivity index (χ0n) is 10.8. The van der Waals surface area contributed by atoms with Gasteiger partial charge in [0.05, 0.1) is 10.9 Å². The van der Waals surface area contributed by atoms with Gasteiger partial charge < -0.3 is 11.1 Å². The van der Waals surface area contributed by atoms with E-state index in [1.54, 1.807) is 12.4 Å². The van der Waals surface area contributed by atoms with E-state index in [4.69, 9.17) is 18.0 Å². The van der Waals surface area contributed by atoms with Gasteiger partial charge in [-0.25, -0.2) is 0 Å². The number of thiocarbonyl (C=S) groups is 1. The Morgan fingerprint density at radius 3 is 2.89 bits per heavy atom. The fourth-order valence-corrected chi connectivity index (χ4v) is 1.90. The van der Waals surface area contributed by atoms with Crippen LogP contribution in [0.1, 0.15) is 30.9 Å². The van der Waals surface area contributed by atoms with Crippen LogP contribution in [-0.2, 0) is 11.3 Å². The maximum absolute atomic E-state index is 12.0. The number of carbonyl (C=O) groups is 1. The second-order valence-corrected chi connectivity index (χ2v) is 4.73. The number of nitrogens with zero attached hydrogens (tertiary/aromatic N) is 1. The first kappa shape index (κ1) is 14.6. The Hall–Kier alpha value is -1.49. The fraction of sp³-hybridized carbons (Fsp3) is 0.462. The number of nitrogens with two attached hydrogens (primary N) is 1. The van der Waals surface area contributed by atoms with Crippen LogP contribution in [0.3, 0.4) is 0 Å². The Balaban J connectivity index is 2.60. The Morgan fingerprint density at radius 2 is 2.33 bits per heavy atom. The lowest BCUT2D eigenvalue weighted by Crippen LogP contribution is -2.37. The summed E-state index contributed by atoms with van der Waals surface area (Å²) in [6.07, 6.45) is 5.05. The molecule has 5 heteroatoms. The molecule has 0 aliphatic heterocycles. The number of aryl methyl sites for hydroxylation is 1. The number of nitrogens with one attached hydrogen (secondary N) is 1. The average Bonchev–Trinajstić information content (AvgIpc) is 2.34. The summed E-state index contributed by atoms with van der Waals surface area (Å²) in [4.78, 5) is 16.3. The van der Waals surface area contributed by atoms with E-state index in [-0.39, 0.29) is 16.8 Å². The Bertz CT molecular complexity index is 434. The van der Waals surface area contributed by atoms with Crippen molar-refractivity contribution in [2.24, 2.45) is 11.7 Å². The molecule has 98 valence electrons. The summed E-state index contributed by atoms with van der Waals surface area (Å²) in [7, 11) is 0. The molecule has 0 bridgehead atoms. The summed E-state index contributed by atoms with van der Waals surface area (Å²) in [5.41, 5.74) is 7.69. The lowest BCUT2D eigenvalue weighted by atomic mass is 10.0. The van der Waals surface area contributed by atoms with Gasteiger partial charge in [-0.1, -0.05) is 25.6 Å². The summed E-state index contributed by atoms with van der Waals surface area (Å²) in [6, 6.07) is 1.92. The third-order valence-corrected chi connectivity index (χ3v) is 3.12. The van der Waals surface area contributed by atoms with Gasteiger partial charge >= 0.3 is 0 Å². The maximum atomic E-state index is 12.0. The Kier molecular flexibility index (Phi) is 5.71. The molecule has 0 spiro atoms. The van der Waals surface area contributed by atoms with E-state index < -0.39 is 0 Å². The highest BCUT2D eigenvalue weighted by Crippen LogP contribution is 2.09. The van der Waals surface area contributed by atoms with Gasteiger partial charge in [-0.3, -0.25) is 9.78 Å². The first-order valence-electron chi connectivity index (χ1n) is 6.02. The molecule has 0 aliphatic rings. The van der Waals surface area contributed by atoms with Gasteiger partial charge in [0, 0.05) is 18.9 Å². The number of hydrogen-bond donors (Lipinski definition) is 2. The van der Waals surface area contributed by atoms with Gasteiger partial charge in [0.15, 0.2) is 0 Å². The normalized spacial score (nSPS) is 11.9. The van der Waals surface area contributed by atoms with Crippen molar-refractivity contribution in [2.45, 2.75) is 33.2 Å². The molecule has 1 heterocycles. The lowest BCUT2D eigenvalue weighted by Gasteiger charge is -2.15. The van der Waals surface area contributed by atoms with Gasteiger partial charge in [-0.15, -0.1) is 0 Å². The molecule has 3 N–H and O–H groups in total. The topological polar surface area (TPSA) is 68.0 Å². The molecule has 0 aromatic carbocycles. The Morgan fingerprint density at radius 1 is 1.61 bits per heavy atom. The molecule has 1 unspecified atom stereocenters. The Labute approximate surface area is 113 Å². The molecule has 1 aromatic rings. The number of hydrogen-bond acceptors (Lipinski definition) is 3. The van der Waals surface area contributed by atoms with E-state index in [1.165, 1.54) is 0 Å². The summed E-state index contributed by atoms with van der Waals surface area (Å²) in [5, 5.41) is 2.86. The average molecular weight is 265 g/mol. The highest BCUT2D eigenvalue weighted by molar-refractivity contribution is 7.80. The van der Waals surface area contributed by atoms with Crippen molar-refractivity contribution in [1.29, 1.82) is 0 Å². The van der Waals surface area contributed by atoms with Crippen LogP contribution in [0, 0.1) is 12.8 Å². The fourth-order valence-electron chi connectivity index (χ4n) is 1.68. The van der Waals surface area contributed by atoms with Crippen molar-refractivity contribution < 1.29 is 4.79 Å². The third kappa shape index (κ3) is 4.07. The predicted octanol–water partition coefficient (Wildman–Crippen LogP) is 1.71. The van der Waals surface area contributed by atoms with Crippen LogP contribution in [0.15, 0.2) is 18.5 Å². The lowest BCUT2D eigenvalue weighted by molar-refractivity contribution is -0.123. The van der Waals surface area contributed by atoms with Crippen molar-refractivity contribution in [2.75, 3.05) is 0 Å². The highest BCUT2D eigenvalue weighted by Gasteiger charge is 2.19. The van der Waals surface area contributed by atoms with Gasteiger partial charge in [0.2, 0.25) is 5.91 Å². The van der Waals surface area contributed by atoms with Gasteiger partial charge in [-0.2, -0.15) is 0 Å². The minimum atomic E-state index is -0.373. The van der Waals surface area contributed by atoms with Crippen LogP contribution < -0.4 is 11.1 Å². The van der Waals surface area contributed by atoms with Crippen LogP contribution in [0.25, 0.3) is 0 Å². The van der Waals surface area contributed by atoms with E-state index in [1.807, 2.05) is 19.9 Å². The molecule has 4 nitrogen and oxygen atoms in total. The maximum Gasteiger partial charge on any atom is 0.230 e. The van der Waals surface area contributed by atoms with Crippen LogP contribution >= 0.6 is 12.2 Å². The van der Waals surface area contributed by atoms with Crippen LogP contribution in [0.4, 0.5) is 0 Å². The van der Waals surface area contributed by atoms with Gasteiger partial charge in [0.25, 0.3) is 0 Å². The van der Waals surface area contributed by atoms with Crippen molar-refractivity contribution >= 4 is 23.1 Å². The number of carbonyl (C=O) groups excluding carboxylic acids is 1. The molecule has 1 atom stereocenters. The molecule has 1 aromatic heterocycles. The molecular weight excluding hydrogens is 246 g/mol. The molecule has 0 saturated carbocycles. The number of pyridine rings is 1. The minimum Gasteiger partial charge on any atom is -0.393 e. The number of aromatic nitrogens is 1. The molecule has 0 saturated heterocycles. The van der Waals surface area contributed by atoms with E-state index in [9.17, 15) is 4.79 Å². The zero-order valence-corrected chi connectivity index (χ0v) is 11.6. The largest absolute Gasteiger partial charge is 0.393 e. The first-order chi connectivity index (χ1) is 8.56. The molecule has 0 aliphatic carbocycles. The van der Waals surface area contributed by atoms with E-state index in [2.05, 4.69) is 10.3 Å². The SMILES string of the molecule is CCCC(C(=O)NCc1cnccc1C)C(N)=S. The van der Waals surface area contributed by atoms with Gasteiger partial charge in [-0.05, 0) is 30.5 Å². The van der Waals surface area contributed by atoms with Crippen molar-refractivity contribution in [3.05, 3.63) is 29.6 Å². The van der Waals surface area contributed by atoms with Crippen molar-refractivity contribution in [1.82, 2.24) is 10.3 Å². The highest BCUT2D eigenvalue weighted by atomic mass is 32.1. The molecule has 0 fully saturated rings. The predicted molar refractivity (Wildman–Crippen MR) is 76.0 cm³/mol. The van der Waals surface area contributed by atoms with E-state index >= 15 is 0 Å². The van der Waals surface area contributed by atoms with Gasteiger partial charge in [0.1, 0.15) is 0 Å². The molecule has 0 radical (unpaired) electrons. The monoisotopic (exact) mass is 265 g/mol. The standard InChI is InChI=1S/C13H19N3OS/c1-3-4-11(12(14)18)13(17)16-8-10-7-15-6-5-9(10)2/h5-7,11H,3-4,8H2,1-2H3,(H2,14,18)(H,16,17). The molecule has 1 rings (SSSR count). The third-order valence-electron chi connectivity index (χ3n) is 2.84. The second-order valence-electron chi connectivity index (χ2n) is 4.26. The molecular formula is C13H19N3OS. The first-order valence-corrected chi connectivity index (χ1v) is 6.43.